The monoisotopic (exact) mass is 426 g/mol. The van der Waals surface area contributed by atoms with Gasteiger partial charge in [0.2, 0.25) is 10.0 Å². The first-order valence-electron chi connectivity index (χ1n) is 7.12. The highest BCUT2D eigenvalue weighted by molar-refractivity contribution is 7.91. The van der Waals surface area contributed by atoms with Gasteiger partial charge in [-0.05, 0) is 19.1 Å². The predicted octanol–water partition coefficient (Wildman–Crippen LogP) is 0.0422. The van der Waals surface area contributed by atoms with E-state index in [0.29, 0.717) is 0 Å². The van der Waals surface area contributed by atoms with Crippen molar-refractivity contribution < 1.29 is 26.4 Å². The number of nitrogen functional groups attached to an aromatic ring is 1. The number of esters is 1. The van der Waals surface area contributed by atoms with Crippen LogP contribution in [0.4, 0.5) is 5.69 Å². The molecule has 0 aromatic heterocycles. The van der Waals surface area contributed by atoms with Crippen molar-refractivity contribution in [3.8, 4) is 0 Å². The number of carbonyl (C=O) groups is 1. The quantitative estimate of drug-likeness (QED) is 0.256. The Balaban J connectivity index is 3.32. The SMILES string of the molecule is CCOC(=O)CNS(=O)(=O)c1cc(S(=O)(=O)/N=C/N(C)C)c(Cl)cc1N. The molecule has 0 bridgehead atoms. The van der Waals surface area contributed by atoms with Crippen LogP contribution in [0.25, 0.3) is 0 Å². The van der Waals surface area contributed by atoms with E-state index in [9.17, 15) is 21.6 Å². The summed E-state index contributed by atoms with van der Waals surface area (Å²) in [5.74, 6) is -0.799. The van der Waals surface area contributed by atoms with E-state index >= 15 is 0 Å². The molecule has 1 rings (SSSR count). The lowest BCUT2D eigenvalue weighted by Crippen LogP contribution is -2.31. The number of nitrogens with two attached hydrogens (primary N) is 1. The van der Waals surface area contributed by atoms with Crippen LogP contribution in [0.3, 0.4) is 0 Å². The highest BCUT2D eigenvalue weighted by Crippen LogP contribution is 2.30. The van der Waals surface area contributed by atoms with Gasteiger partial charge in [0, 0.05) is 14.1 Å². The smallest absolute Gasteiger partial charge is 0.321 e. The van der Waals surface area contributed by atoms with Crippen molar-refractivity contribution in [3.05, 3.63) is 17.2 Å². The molecule has 0 amide bonds. The van der Waals surface area contributed by atoms with Gasteiger partial charge in [-0.1, -0.05) is 11.6 Å². The van der Waals surface area contributed by atoms with E-state index < -0.39 is 42.4 Å². The lowest BCUT2D eigenvalue weighted by atomic mass is 10.3. The Morgan fingerprint density at radius 1 is 1.31 bits per heavy atom. The zero-order valence-corrected chi connectivity index (χ0v) is 16.7. The minimum atomic E-state index is -4.30. The largest absolute Gasteiger partial charge is 0.465 e. The van der Waals surface area contributed by atoms with Gasteiger partial charge >= 0.3 is 5.97 Å². The molecule has 0 saturated carbocycles. The number of ether oxygens (including phenoxy) is 1. The van der Waals surface area contributed by atoms with E-state index in [-0.39, 0.29) is 17.3 Å². The molecule has 0 atom stereocenters. The second-order valence-corrected chi connectivity index (χ2v) is 8.85. The number of halogens is 1. The molecule has 0 aliphatic carbocycles. The summed E-state index contributed by atoms with van der Waals surface area (Å²) < 4.78 is 59.2. The van der Waals surface area contributed by atoms with Crippen LogP contribution < -0.4 is 10.5 Å². The summed E-state index contributed by atoms with van der Waals surface area (Å²) >= 11 is 5.88. The van der Waals surface area contributed by atoms with Gasteiger partial charge < -0.3 is 15.4 Å². The highest BCUT2D eigenvalue weighted by Gasteiger charge is 2.25. The first kappa shape index (κ1) is 22.2. The van der Waals surface area contributed by atoms with Crippen molar-refractivity contribution >= 4 is 49.6 Å². The van der Waals surface area contributed by atoms with Crippen LogP contribution in [0, 0.1) is 0 Å². The van der Waals surface area contributed by atoms with Crippen LogP contribution in [-0.4, -0.2) is 61.3 Å². The van der Waals surface area contributed by atoms with Gasteiger partial charge in [0.05, 0.1) is 17.3 Å². The number of hydrogen-bond donors (Lipinski definition) is 2. The molecule has 0 heterocycles. The van der Waals surface area contributed by atoms with Crippen molar-refractivity contribution in [3.63, 3.8) is 0 Å². The molecule has 1 aromatic carbocycles. The van der Waals surface area contributed by atoms with Gasteiger partial charge in [-0.25, -0.2) is 8.42 Å². The van der Waals surface area contributed by atoms with Crippen LogP contribution in [0.2, 0.25) is 5.02 Å². The fourth-order valence-electron chi connectivity index (χ4n) is 1.64. The van der Waals surface area contributed by atoms with Gasteiger partial charge in [-0.2, -0.15) is 13.1 Å². The summed E-state index contributed by atoms with van der Waals surface area (Å²) in [4.78, 5) is 11.6. The molecule has 13 heteroatoms. The molecular weight excluding hydrogens is 408 g/mol. The van der Waals surface area contributed by atoms with E-state index in [1.54, 1.807) is 21.0 Å². The molecule has 146 valence electrons. The fourth-order valence-corrected chi connectivity index (χ4v) is 4.28. The minimum absolute atomic E-state index is 0.0793. The Morgan fingerprint density at radius 2 is 1.92 bits per heavy atom. The summed E-state index contributed by atoms with van der Waals surface area (Å²) in [6.45, 7) is 1.00. The lowest BCUT2D eigenvalue weighted by molar-refractivity contribution is -0.141. The van der Waals surface area contributed by atoms with Gasteiger partial charge in [-0.3, -0.25) is 4.79 Å². The second-order valence-electron chi connectivity index (χ2n) is 5.11. The van der Waals surface area contributed by atoms with Gasteiger partial charge in [-0.15, -0.1) is 4.40 Å². The Bertz CT molecular complexity index is 913. The summed E-state index contributed by atoms with van der Waals surface area (Å²) in [7, 11) is -5.46. The van der Waals surface area contributed by atoms with Gasteiger partial charge in [0.1, 0.15) is 22.7 Å². The number of carbonyl (C=O) groups excluding carboxylic acids is 1. The Hall–Kier alpha value is -1.89. The first-order chi connectivity index (χ1) is 11.9. The summed E-state index contributed by atoms with van der Waals surface area (Å²) in [6, 6.07) is 1.77. The van der Waals surface area contributed by atoms with Crippen LogP contribution in [0.15, 0.2) is 26.3 Å². The number of sulfonamides is 2. The fraction of sp³-hybridized carbons (Fsp3) is 0.385. The maximum Gasteiger partial charge on any atom is 0.321 e. The third-order valence-corrected chi connectivity index (χ3v) is 5.91. The second kappa shape index (κ2) is 8.66. The van der Waals surface area contributed by atoms with Crippen LogP contribution in [0.1, 0.15) is 6.92 Å². The molecule has 0 fully saturated rings. The Labute approximate surface area is 157 Å². The molecule has 10 nitrogen and oxygen atoms in total. The number of nitrogens with zero attached hydrogens (tertiary/aromatic N) is 2. The lowest BCUT2D eigenvalue weighted by Gasteiger charge is -2.12. The van der Waals surface area contributed by atoms with Crippen molar-refractivity contribution in [1.82, 2.24) is 9.62 Å². The topological polar surface area (TPSA) is 148 Å². The number of anilines is 1. The van der Waals surface area contributed by atoms with Crippen molar-refractivity contribution in [2.24, 2.45) is 4.40 Å². The van der Waals surface area contributed by atoms with E-state index in [1.807, 2.05) is 4.72 Å². The predicted molar refractivity (Wildman–Crippen MR) is 97.1 cm³/mol. The number of hydrogen-bond acceptors (Lipinski definition) is 7. The molecule has 0 aliphatic rings. The minimum Gasteiger partial charge on any atom is -0.465 e. The maximum atomic E-state index is 12.3. The van der Waals surface area contributed by atoms with E-state index in [0.717, 1.165) is 18.5 Å². The summed E-state index contributed by atoms with van der Waals surface area (Å²) in [6.07, 6.45) is 1.02. The molecule has 3 N–H and O–H groups in total. The van der Waals surface area contributed by atoms with E-state index in [4.69, 9.17) is 17.3 Å². The summed E-state index contributed by atoms with van der Waals surface area (Å²) in [5.41, 5.74) is 5.36. The average molecular weight is 427 g/mol. The van der Waals surface area contributed by atoms with Crippen molar-refractivity contribution in [1.29, 1.82) is 0 Å². The third kappa shape index (κ3) is 5.83. The summed E-state index contributed by atoms with van der Waals surface area (Å²) in [5, 5.41) is -0.289. The first-order valence-corrected chi connectivity index (χ1v) is 10.4. The Kier molecular flexibility index (Phi) is 7.38. The van der Waals surface area contributed by atoms with Crippen molar-refractivity contribution in [2.45, 2.75) is 16.7 Å². The third-order valence-electron chi connectivity index (χ3n) is 2.76. The Morgan fingerprint density at radius 3 is 2.46 bits per heavy atom. The zero-order valence-electron chi connectivity index (χ0n) is 14.3. The van der Waals surface area contributed by atoms with E-state index in [2.05, 4.69) is 9.13 Å². The molecule has 0 saturated heterocycles. The molecule has 0 unspecified atom stereocenters. The molecule has 26 heavy (non-hydrogen) atoms. The number of nitrogens with one attached hydrogen (secondary N) is 1. The normalized spacial score (nSPS) is 12.3. The molecule has 0 radical (unpaired) electrons. The van der Waals surface area contributed by atoms with E-state index in [1.165, 1.54) is 4.90 Å². The van der Waals surface area contributed by atoms with Crippen LogP contribution in [-0.2, 0) is 29.6 Å². The average Bonchev–Trinajstić information content (AvgIpc) is 2.51. The van der Waals surface area contributed by atoms with Gasteiger partial charge in [0.15, 0.2) is 0 Å². The number of benzene rings is 1. The standard InChI is InChI=1S/C13H19ClN4O6S2/c1-4-24-13(19)7-16-26(22,23)12-6-11(9(14)5-10(12)15)25(20,21)17-8-18(2)3/h5-6,8,16H,4,7,15H2,1-3H3/b17-8+. The van der Waals surface area contributed by atoms with Gasteiger partial charge in [0.25, 0.3) is 10.0 Å². The molecular formula is C13H19ClN4O6S2. The van der Waals surface area contributed by atoms with Crippen LogP contribution >= 0.6 is 11.6 Å². The molecule has 0 spiro atoms. The molecule has 0 aliphatic heterocycles. The maximum absolute atomic E-state index is 12.3. The highest BCUT2D eigenvalue weighted by atomic mass is 35.5. The zero-order chi connectivity index (χ0) is 20.1. The van der Waals surface area contributed by atoms with Crippen LogP contribution in [0.5, 0.6) is 0 Å². The number of rotatable bonds is 8. The molecule has 1 aromatic rings. The van der Waals surface area contributed by atoms with Crippen molar-refractivity contribution in [2.75, 3.05) is 33.0 Å².